The van der Waals surface area contributed by atoms with Gasteiger partial charge in [0.15, 0.2) is 5.82 Å². The van der Waals surface area contributed by atoms with Crippen LogP contribution in [0.15, 0.2) is 30.6 Å². The van der Waals surface area contributed by atoms with Crippen LogP contribution in [0.5, 0.6) is 0 Å². The third-order valence-corrected chi connectivity index (χ3v) is 4.74. The predicted molar refractivity (Wildman–Crippen MR) is 95.0 cm³/mol. The maximum absolute atomic E-state index is 5.54. The fourth-order valence-corrected chi connectivity index (χ4v) is 3.07. The Kier molecular flexibility index (Phi) is 5.06. The van der Waals surface area contributed by atoms with Crippen LogP contribution in [0.1, 0.15) is 18.5 Å². The van der Waals surface area contributed by atoms with E-state index in [2.05, 4.69) is 39.3 Å². The number of nitrogens with one attached hydrogen (secondary N) is 1. The first-order chi connectivity index (χ1) is 11.6. The number of pyridine rings is 1. The number of rotatable bonds is 5. The van der Waals surface area contributed by atoms with Crippen molar-refractivity contribution < 1.29 is 4.74 Å². The summed E-state index contributed by atoms with van der Waals surface area (Å²) in [6.07, 6.45) is 5.59. The summed E-state index contributed by atoms with van der Waals surface area (Å²) in [5.41, 5.74) is 1.97. The molecule has 3 rings (SSSR count). The van der Waals surface area contributed by atoms with Crippen LogP contribution in [0.3, 0.4) is 0 Å². The van der Waals surface area contributed by atoms with Crippen LogP contribution >= 0.6 is 0 Å². The first-order valence-electron chi connectivity index (χ1n) is 8.34. The maximum atomic E-state index is 5.54. The molecule has 24 heavy (non-hydrogen) atoms. The molecule has 3 heterocycles. The Hall–Kier alpha value is -2.05. The highest BCUT2D eigenvalue weighted by Gasteiger charge is 2.34. The van der Waals surface area contributed by atoms with Crippen molar-refractivity contribution in [1.82, 2.24) is 19.9 Å². The topological polar surface area (TPSA) is 63.2 Å². The van der Waals surface area contributed by atoms with E-state index in [4.69, 9.17) is 4.74 Å². The normalized spacial score (nSPS) is 17.0. The minimum atomic E-state index is 0.103. The molecular weight excluding hydrogens is 302 g/mol. The third-order valence-electron chi connectivity index (χ3n) is 4.74. The van der Waals surface area contributed by atoms with Crippen LogP contribution in [0, 0.1) is 6.92 Å². The summed E-state index contributed by atoms with van der Waals surface area (Å²) in [4.78, 5) is 15.7. The highest BCUT2D eigenvalue weighted by atomic mass is 16.5. The average Bonchev–Trinajstić information content (AvgIpc) is 2.61. The van der Waals surface area contributed by atoms with Gasteiger partial charge in [0.25, 0.3) is 0 Å². The number of aromatic nitrogens is 3. The zero-order valence-electron chi connectivity index (χ0n) is 14.6. The standard InChI is InChI=1S/C18H25N5O/c1-14-11-16(22-17(21-14)15-5-4-8-19-12-15)20-13-18(23(2)3)6-9-24-10-7-18/h4-5,8,11-12H,6-7,9-10,13H2,1-3H3,(H,20,21,22). The molecule has 1 saturated heterocycles. The van der Waals surface area contributed by atoms with E-state index in [1.807, 2.05) is 25.1 Å². The second kappa shape index (κ2) is 7.23. The zero-order valence-corrected chi connectivity index (χ0v) is 14.6. The van der Waals surface area contributed by atoms with Crippen molar-refractivity contribution >= 4 is 5.82 Å². The van der Waals surface area contributed by atoms with Gasteiger partial charge in [-0.2, -0.15) is 0 Å². The summed E-state index contributed by atoms with van der Waals surface area (Å²) in [6, 6.07) is 5.87. The zero-order chi connectivity index (χ0) is 17.0. The van der Waals surface area contributed by atoms with Crippen LogP contribution < -0.4 is 5.32 Å². The van der Waals surface area contributed by atoms with Crippen LogP contribution in [0.4, 0.5) is 5.82 Å². The summed E-state index contributed by atoms with van der Waals surface area (Å²) in [6.45, 7) is 4.45. The molecule has 6 heteroatoms. The van der Waals surface area contributed by atoms with Gasteiger partial charge in [0.05, 0.1) is 0 Å². The lowest BCUT2D eigenvalue weighted by molar-refractivity contribution is -0.000665. The molecule has 0 radical (unpaired) electrons. The van der Waals surface area contributed by atoms with E-state index in [0.29, 0.717) is 5.82 Å². The van der Waals surface area contributed by atoms with E-state index in [1.165, 1.54) is 0 Å². The summed E-state index contributed by atoms with van der Waals surface area (Å²) >= 11 is 0. The van der Waals surface area contributed by atoms with Gasteiger partial charge >= 0.3 is 0 Å². The van der Waals surface area contributed by atoms with Crippen molar-refractivity contribution in [1.29, 1.82) is 0 Å². The number of hydrogen-bond acceptors (Lipinski definition) is 6. The molecular formula is C18H25N5O. The molecule has 1 aliphatic rings. The van der Waals surface area contributed by atoms with Crippen molar-refractivity contribution in [2.75, 3.05) is 39.2 Å². The Morgan fingerprint density at radius 1 is 1.25 bits per heavy atom. The summed E-state index contributed by atoms with van der Waals surface area (Å²) in [7, 11) is 4.28. The first kappa shape index (κ1) is 16.8. The van der Waals surface area contributed by atoms with Crippen LogP contribution in [-0.2, 0) is 4.74 Å². The van der Waals surface area contributed by atoms with Crippen molar-refractivity contribution in [3.63, 3.8) is 0 Å². The monoisotopic (exact) mass is 327 g/mol. The van der Waals surface area contributed by atoms with Gasteiger partial charge in [0, 0.05) is 55.0 Å². The average molecular weight is 327 g/mol. The van der Waals surface area contributed by atoms with Crippen molar-refractivity contribution in [3.8, 4) is 11.4 Å². The Morgan fingerprint density at radius 2 is 2.04 bits per heavy atom. The molecule has 0 saturated carbocycles. The second-order valence-electron chi connectivity index (χ2n) is 6.54. The van der Waals surface area contributed by atoms with Gasteiger partial charge in [-0.1, -0.05) is 0 Å². The van der Waals surface area contributed by atoms with Gasteiger partial charge in [0.2, 0.25) is 0 Å². The number of hydrogen-bond donors (Lipinski definition) is 1. The maximum Gasteiger partial charge on any atom is 0.163 e. The Balaban J connectivity index is 1.79. The predicted octanol–water partition coefficient (Wildman–Crippen LogP) is 2.37. The fraction of sp³-hybridized carbons (Fsp3) is 0.500. The third kappa shape index (κ3) is 3.71. The van der Waals surface area contributed by atoms with Gasteiger partial charge < -0.3 is 15.0 Å². The number of ether oxygens (including phenoxy) is 1. The van der Waals surface area contributed by atoms with E-state index in [0.717, 1.165) is 49.7 Å². The highest BCUT2D eigenvalue weighted by Crippen LogP contribution is 2.26. The van der Waals surface area contributed by atoms with Gasteiger partial charge in [-0.05, 0) is 46.0 Å². The molecule has 128 valence electrons. The van der Waals surface area contributed by atoms with Crippen LogP contribution in [0.2, 0.25) is 0 Å². The molecule has 2 aromatic heterocycles. The van der Waals surface area contributed by atoms with Gasteiger partial charge in [-0.3, -0.25) is 4.98 Å². The lowest BCUT2D eigenvalue weighted by atomic mass is 9.88. The van der Waals surface area contributed by atoms with E-state index in [9.17, 15) is 0 Å². The first-order valence-corrected chi connectivity index (χ1v) is 8.34. The van der Waals surface area contributed by atoms with E-state index in [1.54, 1.807) is 12.4 Å². The van der Waals surface area contributed by atoms with Gasteiger partial charge in [0.1, 0.15) is 5.82 Å². The molecule has 0 bridgehead atoms. The highest BCUT2D eigenvalue weighted by molar-refractivity contribution is 5.56. The summed E-state index contributed by atoms with van der Waals surface area (Å²) < 4.78 is 5.54. The second-order valence-corrected chi connectivity index (χ2v) is 6.54. The van der Waals surface area contributed by atoms with Crippen molar-refractivity contribution in [2.24, 2.45) is 0 Å². The molecule has 6 nitrogen and oxygen atoms in total. The largest absolute Gasteiger partial charge is 0.381 e. The quantitative estimate of drug-likeness (QED) is 0.910. The number of aryl methyl sites for hydroxylation is 1. The van der Waals surface area contributed by atoms with E-state index in [-0.39, 0.29) is 5.54 Å². The Bertz CT molecular complexity index is 668. The smallest absolute Gasteiger partial charge is 0.163 e. The van der Waals surface area contributed by atoms with Crippen LogP contribution in [0.25, 0.3) is 11.4 Å². The molecule has 0 aromatic carbocycles. The molecule has 0 aliphatic carbocycles. The molecule has 0 spiro atoms. The number of nitrogens with zero attached hydrogens (tertiary/aromatic N) is 4. The number of likely N-dealkylation sites (N-methyl/N-ethyl adjacent to an activating group) is 1. The lowest BCUT2D eigenvalue weighted by Gasteiger charge is -2.43. The van der Waals surface area contributed by atoms with Crippen LogP contribution in [-0.4, -0.2) is 59.2 Å². The molecule has 0 unspecified atom stereocenters. The molecule has 1 aliphatic heterocycles. The van der Waals surface area contributed by atoms with Crippen molar-refractivity contribution in [2.45, 2.75) is 25.3 Å². The van der Waals surface area contributed by atoms with E-state index < -0.39 is 0 Å². The molecule has 1 N–H and O–H groups in total. The molecule has 1 fully saturated rings. The lowest BCUT2D eigenvalue weighted by Crippen LogP contribution is -2.53. The Morgan fingerprint density at radius 3 is 2.71 bits per heavy atom. The minimum Gasteiger partial charge on any atom is -0.381 e. The number of anilines is 1. The summed E-state index contributed by atoms with van der Waals surface area (Å²) in [5.74, 6) is 1.56. The molecule has 0 amide bonds. The van der Waals surface area contributed by atoms with Gasteiger partial charge in [-0.15, -0.1) is 0 Å². The van der Waals surface area contributed by atoms with Crippen molar-refractivity contribution in [3.05, 3.63) is 36.3 Å². The minimum absolute atomic E-state index is 0.103. The van der Waals surface area contributed by atoms with E-state index >= 15 is 0 Å². The summed E-state index contributed by atoms with van der Waals surface area (Å²) in [5, 5.41) is 3.52. The fourth-order valence-electron chi connectivity index (χ4n) is 3.07. The Labute approximate surface area is 143 Å². The molecule has 2 aromatic rings. The molecule has 0 atom stereocenters. The SMILES string of the molecule is Cc1cc(NCC2(N(C)C)CCOCC2)nc(-c2cccnc2)n1. The van der Waals surface area contributed by atoms with Gasteiger partial charge in [-0.25, -0.2) is 9.97 Å².